The maximum absolute atomic E-state index is 5.92. The molecular weight excluding hydrogens is 356 g/mol. The van der Waals surface area contributed by atoms with Crippen molar-refractivity contribution in [2.45, 2.75) is 26.2 Å². The molecule has 3 aromatic carbocycles. The molecule has 0 radical (unpaired) electrons. The van der Waals surface area contributed by atoms with Crippen molar-refractivity contribution in [3.05, 3.63) is 90.5 Å². The molecule has 0 bridgehead atoms. The van der Waals surface area contributed by atoms with Gasteiger partial charge in [-0.1, -0.05) is 82.0 Å². The van der Waals surface area contributed by atoms with Crippen LogP contribution in [0.2, 0.25) is 0 Å². The third kappa shape index (κ3) is 4.04. The van der Waals surface area contributed by atoms with E-state index in [1.54, 1.807) is 0 Å². The van der Waals surface area contributed by atoms with Gasteiger partial charge in [0.2, 0.25) is 11.8 Å². The van der Waals surface area contributed by atoms with Crippen LogP contribution in [0, 0.1) is 0 Å². The summed E-state index contributed by atoms with van der Waals surface area (Å²) in [7, 11) is 0. The summed E-state index contributed by atoms with van der Waals surface area (Å²) >= 11 is 0. The van der Waals surface area contributed by atoms with Crippen LogP contribution >= 0.6 is 0 Å². The van der Waals surface area contributed by atoms with Gasteiger partial charge in [0, 0.05) is 11.1 Å². The van der Waals surface area contributed by atoms with Gasteiger partial charge in [-0.15, -0.1) is 10.2 Å². The molecule has 29 heavy (non-hydrogen) atoms. The number of hydrogen-bond acceptors (Lipinski definition) is 3. The lowest BCUT2D eigenvalue weighted by atomic mass is 9.87. The Labute approximate surface area is 171 Å². The van der Waals surface area contributed by atoms with E-state index in [0.717, 1.165) is 27.8 Å². The Kier molecular flexibility index (Phi) is 4.89. The zero-order valence-corrected chi connectivity index (χ0v) is 17.0. The molecule has 1 aromatic heterocycles. The lowest BCUT2D eigenvalue weighted by molar-refractivity contribution is 0.582. The first-order valence-corrected chi connectivity index (χ1v) is 9.72. The largest absolute Gasteiger partial charge is 0.416 e. The smallest absolute Gasteiger partial charge is 0.248 e. The van der Waals surface area contributed by atoms with Crippen molar-refractivity contribution in [2.75, 3.05) is 0 Å². The Hall–Kier alpha value is -3.46. The second-order valence-corrected chi connectivity index (χ2v) is 8.14. The summed E-state index contributed by atoms with van der Waals surface area (Å²) in [4.78, 5) is 0. The van der Waals surface area contributed by atoms with E-state index in [4.69, 9.17) is 4.42 Å². The summed E-state index contributed by atoms with van der Waals surface area (Å²) in [5.74, 6) is 1.05. The fourth-order valence-corrected chi connectivity index (χ4v) is 3.19. The number of aromatic nitrogens is 2. The van der Waals surface area contributed by atoms with Gasteiger partial charge in [0.1, 0.15) is 0 Å². The highest BCUT2D eigenvalue weighted by molar-refractivity contribution is 5.69. The number of hydrogen-bond donors (Lipinski definition) is 0. The summed E-state index contributed by atoms with van der Waals surface area (Å²) in [5, 5.41) is 8.46. The zero-order valence-electron chi connectivity index (χ0n) is 17.0. The minimum absolute atomic E-state index is 0.117. The summed E-state index contributed by atoms with van der Waals surface area (Å²) < 4.78 is 5.92. The summed E-state index contributed by atoms with van der Waals surface area (Å²) in [5.41, 5.74) is 6.63. The molecule has 4 aromatic rings. The van der Waals surface area contributed by atoms with E-state index in [-0.39, 0.29) is 5.41 Å². The molecule has 3 heteroatoms. The Morgan fingerprint density at radius 1 is 0.655 bits per heavy atom. The maximum atomic E-state index is 5.92. The van der Waals surface area contributed by atoms with Gasteiger partial charge in [-0.2, -0.15) is 0 Å². The molecule has 0 saturated heterocycles. The number of benzene rings is 3. The third-order valence-corrected chi connectivity index (χ3v) is 5.03. The fourth-order valence-electron chi connectivity index (χ4n) is 3.19. The molecule has 0 fully saturated rings. The Morgan fingerprint density at radius 3 is 1.52 bits per heavy atom. The van der Waals surface area contributed by atoms with Crippen LogP contribution in [0.3, 0.4) is 0 Å². The minimum Gasteiger partial charge on any atom is -0.416 e. The minimum atomic E-state index is 0.117. The van der Waals surface area contributed by atoms with Crippen LogP contribution in [0.5, 0.6) is 0 Å². The van der Waals surface area contributed by atoms with Crippen molar-refractivity contribution in [3.8, 4) is 34.0 Å². The first kappa shape index (κ1) is 18.9. The van der Waals surface area contributed by atoms with E-state index in [0.29, 0.717) is 11.8 Å². The predicted octanol–water partition coefficient (Wildman–Crippen LogP) is 7.01. The van der Waals surface area contributed by atoms with E-state index in [1.165, 1.54) is 5.56 Å². The monoisotopic (exact) mass is 380 g/mol. The normalized spacial score (nSPS) is 11.4. The van der Waals surface area contributed by atoms with Gasteiger partial charge in [-0.3, -0.25) is 0 Å². The van der Waals surface area contributed by atoms with Crippen LogP contribution in [0.25, 0.3) is 40.1 Å². The molecule has 0 aliphatic rings. The quantitative estimate of drug-likeness (QED) is 0.382. The molecule has 0 atom stereocenters. The van der Waals surface area contributed by atoms with Crippen LogP contribution in [0.1, 0.15) is 31.9 Å². The first-order valence-electron chi connectivity index (χ1n) is 9.72. The molecule has 0 aliphatic carbocycles. The van der Waals surface area contributed by atoms with E-state index in [9.17, 15) is 0 Å². The lowest BCUT2D eigenvalue weighted by Gasteiger charge is -2.18. The van der Waals surface area contributed by atoms with E-state index in [1.807, 2.05) is 30.3 Å². The molecule has 0 aliphatic heterocycles. The fraction of sp³-hybridized carbons (Fsp3) is 0.154. The van der Waals surface area contributed by atoms with E-state index in [2.05, 4.69) is 86.1 Å². The van der Waals surface area contributed by atoms with Crippen LogP contribution in [-0.4, -0.2) is 10.2 Å². The zero-order chi connectivity index (χ0) is 20.4. The van der Waals surface area contributed by atoms with Crippen molar-refractivity contribution in [1.82, 2.24) is 10.2 Å². The van der Waals surface area contributed by atoms with Crippen LogP contribution < -0.4 is 0 Å². The average Bonchev–Trinajstić information content (AvgIpc) is 3.24. The van der Waals surface area contributed by atoms with Gasteiger partial charge in [-0.05, 0) is 51.9 Å². The van der Waals surface area contributed by atoms with Crippen LogP contribution in [0.4, 0.5) is 0 Å². The van der Waals surface area contributed by atoms with Crippen molar-refractivity contribution in [2.24, 2.45) is 0 Å². The number of nitrogens with zero attached hydrogens (tertiary/aromatic N) is 2. The molecule has 0 spiro atoms. The summed E-state index contributed by atoms with van der Waals surface area (Å²) in [6.45, 7) is 10.4. The Balaban J connectivity index is 1.55. The Bertz CT molecular complexity index is 1110. The van der Waals surface area contributed by atoms with E-state index >= 15 is 0 Å². The average molecular weight is 380 g/mol. The van der Waals surface area contributed by atoms with Crippen LogP contribution in [-0.2, 0) is 5.41 Å². The van der Waals surface area contributed by atoms with Crippen molar-refractivity contribution in [3.63, 3.8) is 0 Å². The van der Waals surface area contributed by atoms with Crippen molar-refractivity contribution in [1.29, 1.82) is 0 Å². The van der Waals surface area contributed by atoms with Crippen molar-refractivity contribution < 1.29 is 4.42 Å². The first-order chi connectivity index (χ1) is 13.9. The maximum Gasteiger partial charge on any atom is 0.248 e. The Morgan fingerprint density at radius 2 is 1.07 bits per heavy atom. The van der Waals surface area contributed by atoms with Gasteiger partial charge >= 0.3 is 0 Å². The second kappa shape index (κ2) is 7.51. The summed E-state index contributed by atoms with van der Waals surface area (Å²) in [6.07, 6.45) is 1.84. The molecule has 3 nitrogen and oxygen atoms in total. The molecule has 4 rings (SSSR count). The van der Waals surface area contributed by atoms with Gasteiger partial charge in [0.25, 0.3) is 0 Å². The molecule has 1 heterocycles. The van der Waals surface area contributed by atoms with Crippen molar-refractivity contribution >= 4 is 6.08 Å². The van der Waals surface area contributed by atoms with Gasteiger partial charge in [0.15, 0.2) is 0 Å². The topological polar surface area (TPSA) is 38.9 Å². The highest BCUT2D eigenvalue weighted by atomic mass is 16.4. The van der Waals surface area contributed by atoms with Gasteiger partial charge in [0.05, 0.1) is 0 Å². The molecule has 0 saturated carbocycles. The molecular formula is C26H24N2O. The summed E-state index contributed by atoms with van der Waals surface area (Å²) in [6, 6.07) is 24.8. The molecule has 144 valence electrons. The molecule has 0 amide bonds. The predicted molar refractivity (Wildman–Crippen MR) is 119 cm³/mol. The van der Waals surface area contributed by atoms with Crippen LogP contribution in [0.15, 0.2) is 83.8 Å². The lowest BCUT2D eigenvalue weighted by Crippen LogP contribution is -2.10. The third-order valence-electron chi connectivity index (χ3n) is 5.03. The van der Waals surface area contributed by atoms with E-state index < -0.39 is 0 Å². The standard InChI is InChI=1S/C26H24N2O/c1-5-18-6-8-19(9-7-18)20-10-12-21(13-11-20)24-27-28-25(29-24)22-14-16-23(17-15-22)26(2,3)4/h5-17H,1H2,2-4H3. The highest BCUT2D eigenvalue weighted by Gasteiger charge is 2.15. The second-order valence-electron chi connectivity index (χ2n) is 8.14. The van der Waals surface area contributed by atoms with Gasteiger partial charge in [-0.25, -0.2) is 0 Å². The molecule has 0 unspecified atom stereocenters. The number of rotatable bonds is 4. The highest BCUT2D eigenvalue weighted by Crippen LogP contribution is 2.29. The van der Waals surface area contributed by atoms with Gasteiger partial charge < -0.3 is 4.42 Å². The SMILES string of the molecule is C=Cc1ccc(-c2ccc(-c3nnc(-c4ccc(C(C)(C)C)cc4)o3)cc2)cc1. The molecule has 0 N–H and O–H groups in total.